The van der Waals surface area contributed by atoms with E-state index < -0.39 is 23.5 Å². The summed E-state index contributed by atoms with van der Waals surface area (Å²) in [7, 11) is 0. The van der Waals surface area contributed by atoms with Gasteiger partial charge in [-0.1, -0.05) is 25.1 Å². The van der Waals surface area contributed by atoms with Gasteiger partial charge in [0, 0.05) is 24.4 Å². The molecule has 1 aliphatic rings. The third-order valence-electron chi connectivity index (χ3n) is 4.83. The van der Waals surface area contributed by atoms with E-state index in [2.05, 4.69) is 10.3 Å². The highest BCUT2D eigenvalue weighted by molar-refractivity contribution is 6.07. The van der Waals surface area contributed by atoms with E-state index >= 15 is 0 Å². The first-order valence-electron chi connectivity index (χ1n) is 8.95. The van der Waals surface area contributed by atoms with Crippen molar-refractivity contribution in [2.45, 2.75) is 38.4 Å². The first-order valence-corrected chi connectivity index (χ1v) is 8.95. The highest BCUT2D eigenvalue weighted by atomic mass is 19.1. The first kappa shape index (κ1) is 18.9. The molecule has 0 saturated carbocycles. The number of nitrogens with one attached hydrogen (secondary N) is 1. The summed E-state index contributed by atoms with van der Waals surface area (Å²) in [5.74, 6) is -1.05. The van der Waals surface area contributed by atoms with Gasteiger partial charge in [0.15, 0.2) is 5.78 Å². The second kappa shape index (κ2) is 7.42. The third kappa shape index (κ3) is 3.97. The van der Waals surface area contributed by atoms with Crippen molar-refractivity contribution in [3.63, 3.8) is 0 Å². The lowest BCUT2D eigenvalue weighted by Gasteiger charge is -2.23. The van der Waals surface area contributed by atoms with Gasteiger partial charge in [0.25, 0.3) is 5.91 Å². The van der Waals surface area contributed by atoms with Crippen molar-refractivity contribution in [2.24, 2.45) is 0 Å². The van der Waals surface area contributed by atoms with Crippen LogP contribution in [0.5, 0.6) is 0 Å². The molecule has 2 aromatic rings. The van der Waals surface area contributed by atoms with E-state index in [1.165, 1.54) is 18.0 Å². The molecule has 3 rings (SSSR count). The number of pyridine rings is 1. The molecule has 142 valence electrons. The maximum Gasteiger partial charge on any atom is 0.252 e. The van der Waals surface area contributed by atoms with Crippen LogP contribution in [0.1, 0.15) is 37.0 Å². The fourth-order valence-electron chi connectivity index (χ4n) is 3.48. The number of halogens is 1. The van der Waals surface area contributed by atoms with Gasteiger partial charge in [0.1, 0.15) is 5.67 Å². The first-order chi connectivity index (χ1) is 12.8. The van der Waals surface area contributed by atoms with E-state index in [4.69, 9.17) is 0 Å². The Morgan fingerprint density at radius 3 is 2.78 bits per heavy atom. The zero-order valence-electron chi connectivity index (χ0n) is 15.4. The average Bonchev–Trinajstić information content (AvgIpc) is 3.00. The standard InChI is InChI=1S/C20H22FN3O3/c1-3-17(25)16-10-20(2,21)12-24(16)18(26)11-23-19(27)14-8-9-22-15-7-5-4-6-13(14)15/h4-9,16H,3,10-12H2,1-2H3,(H,23,27). The number of carbonyl (C=O) groups is 3. The Morgan fingerprint density at radius 1 is 1.30 bits per heavy atom. The number of hydrogen-bond acceptors (Lipinski definition) is 4. The van der Waals surface area contributed by atoms with Crippen molar-refractivity contribution in [2.75, 3.05) is 13.1 Å². The van der Waals surface area contributed by atoms with Gasteiger partial charge in [-0.05, 0) is 19.1 Å². The van der Waals surface area contributed by atoms with E-state index in [1.807, 2.05) is 6.07 Å². The average molecular weight is 371 g/mol. The fraction of sp³-hybridized carbons (Fsp3) is 0.400. The number of fused-ring (bicyclic) bond motifs is 1. The summed E-state index contributed by atoms with van der Waals surface area (Å²) in [5.41, 5.74) is -0.514. The number of alkyl halides is 1. The molecule has 2 heterocycles. The van der Waals surface area contributed by atoms with Crippen LogP contribution >= 0.6 is 0 Å². The van der Waals surface area contributed by atoms with Crippen molar-refractivity contribution in [3.8, 4) is 0 Å². The van der Waals surface area contributed by atoms with Crippen LogP contribution in [0.4, 0.5) is 4.39 Å². The quantitative estimate of drug-likeness (QED) is 0.874. The molecule has 0 aliphatic carbocycles. The van der Waals surface area contributed by atoms with Crippen molar-refractivity contribution in [1.29, 1.82) is 0 Å². The number of benzene rings is 1. The normalized spacial score (nSPS) is 22.0. The molecule has 1 fully saturated rings. The topological polar surface area (TPSA) is 79.4 Å². The summed E-state index contributed by atoms with van der Waals surface area (Å²) in [6, 6.07) is 8.02. The van der Waals surface area contributed by atoms with Crippen LogP contribution in [0.2, 0.25) is 0 Å². The molecular formula is C20H22FN3O3. The highest BCUT2D eigenvalue weighted by Crippen LogP contribution is 2.31. The summed E-state index contributed by atoms with van der Waals surface area (Å²) in [4.78, 5) is 42.6. The maximum atomic E-state index is 14.4. The Balaban J connectivity index is 1.71. The minimum atomic E-state index is -1.60. The summed E-state index contributed by atoms with van der Waals surface area (Å²) >= 11 is 0. The van der Waals surface area contributed by atoms with Crippen LogP contribution in [-0.2, 0) is 9.59 Å². The van der Waals surface area contributed by atoms with Crippen molar-refractivity contribution in [3.05, 3.63) is 42.1 Å². The van der Waals surface area contributed by atoms with Crippen molar-refractivity contribution in [1.82, 2.24) is 15.2 Å². The van der Waals surface area contributed by atoms with Crippen LogP contribution in [0.3, 0.4) is 0 Å². The summed E-state index contributed by atoms with van der Waals surface area (Å²) in [6.07, 6.45) is 1.76. The predicted octanol–water partition coefficient (Wildman–Crippen LogP) is 2.27. The number of hydrogen-bond donors (Lipinski definition) is 1. The van der Waals surface area contributed by atoms with Gasteiger partial charge in [-0.3, -0.25) is 19.4 Å². The molecule has 1 saturated heterocycles. The van der Waals surface area contributed by atoms with Crippen LogP contribution in [0, 0.1) is 0 Å². The second-order valence-electron chi connectivity index (χ2n) is 7.03. The van der Waals surface area contributed by atoms with E-state index in [0.717, 1.165) is 0 Å². The van der Waals surface area contributed by atoms with E-state index in [-0.39, 0.29) is 31.7 Å². The Labute approximate surface area is 156 Å². The number of ketones is 1. The lowest BCUT2D eigenvalue weighted by atomic mass is 10.0. The largest absolute Gasteiger partial charge is 0.343 e. The monoisotopic (exact) mass is 371 g/mol. The number of para-hydroxylation sites is 1. The molecule has 2 amide bonds. The third-order valence-corrected chi connectivity index (χ3v) is 4.83. The lowest BCUT2D eigenvalue weighted by Crippen LogP contribution is -2.45. The number of amides is 2. The molecule has 1 aromatic heterocycles. The molecule has 6 nitrogen and oxygen atoms in total. The van der Waals surface area contributed by atoms with Gasteiger partial charge in [0.05, 0.1) is 30.2 Å². The molecule has 1 aromatic carbocycles. The lowest BCUT2D eigenvalue weighted by molar-refractivity contribution is -0.136. The Hall–Kier alpha value is -2.83. The Bertz CT molecular complexity index is 892. The van der Waals surface area contributed by atoms with Gasteiger partial charge >= 0.3 is 0 Å². The van der Waals surface area contributed by atoms with Crippen LogP contribution in [-0.4, -0.2) is 52.3 Å². The summed E-state index contributed by atoms with van der Waals surface area (Å²) in [5, 5.41) is 3.26. The van der Waals surface area contributed by atoms with Gasteiger partial charge in [-0.15, -0.1) is 0 Å². The summed E-state index contributed by atoms with van der Waals surface area (Å²) in [6.45, 7) is 2.64. The van der Waals surface area contributed by atoms with Crippen molar-refractivity contribution < 1.29 is 18.8 Å². The van der Waals surface area contributed by atoms with Crippen LogP contribution in [0.15, 0.2) is 36.5 Å². The molecule has 0 radical (unpaired) electrons. The zero-order valence-corrected chi connectivity index (χ0v) is 15.4. The number of carbonyl (C=O) groups excluding carboxylic acids is 3. The van der Waals surface area contributed by atoms with Gasteiger partial charge in [-0.25, -0.2) is 4.39 Å². The molecular weight excluding hydrogens is 349 g/mol. The summed E-state index contributed by atoms with van der Waals surface area (Å²) < 4.78 is 14.4. The molecule has 1 aliphatic heterocycles. The molecule has 0 bridgehead atoms. The van der Waals surface area contributed by atoms with Crippen molar-refractivity contribution >= 4 is 28.5 Å². The molecule has 27 heavy (non-hydrogen) atoms. The van der Waals surface area contributed by atoms with E-state index in [0.29, 0.717) is 16.5 Å². The number of rotatable bonds is 5. The highest BCUT2D eigenvalue weighted by Gasteiger charge is 2.45. The zero-order chi connectivity index (χ0) is 19.6. The van der Waals surface area contributed by atoms with E-state index in [1.54, 1.807) is 31.2 Å². The molecule has 2 unspecified atom stereocenters. The number of likely N-dealkylation sites (tertiary alicyclic amines) is 1. The maximum absolute atomic E-state index is 14.4. The van der Waals surface area contributed by atoms with Gasteiger partial charge in [-0.2, -0.15) is 0 Å². The Morgan fingerprint density at radius 2 is 2.04 bits per heavy atom. The second-order valence-corrected chi connectivity index (χ2v) is 7.03. The predicted molar refractivity (Wildman–Crippen MR) is 99.0 cm³/mol. The smallest absolute Gasteiger partial charge is 0.252 e. The van der Waals surface area contributed by atoms with Gasteiger partial charge < -0.3 is 10.2 Å². The van der Waals surface area contributed by atoms with E-state index in [9.17, 15) is 18.8 Å². The molecule has 1 N–H and O–H groups in total. The minimum Gasteiger partial charge on any atom is -0.343 e. The van der Waals surface area contributed by atoms with Gasteiger partial charge in [0.2, 0.25) is 5.91 Å². The van der Waals surface area contributed by atoms with Crippen LogP contribution in [0.25, 0.3) is 10.9 Å². The SMILES string of the molecule is CCC(=O)C1CC(C)(F)CN1C(=O)CNC(=O)c1ccnc2ccccc12. The number of Topliss-reactive ketones (excluding diaryl/α,β-unsaturated/α-hetero) is 1. The Kier molecular flexibility index (Phi) is 5.21. The molecule has 2 atom stereocenters. The number of nitrogens with zero attached hydrogens (tertiary/aromatic N) is 2. The fourth-order valence-corrected chi connectivity index (χ4v) is 3.48. The van der Waals surface area contributed by atoms with Crippen LogP contribution < -0.4 is 5.32 Å². The number of aromatic nitrogens is 1. The minimum absolute atomic E-state index is 0.00560. The molecule has 7 heteroatoms. The molecule has 0 spiro atoms.